The van der Waals surface area contributed by atoms with Gasteiger partial charge in [-0.3, -0.25) is 4.79 Å². The Morgan fingerprint density at radius 3 is 2.67 bits per heavy atom. The normalized spacial score (nSPS) is 17.7. The van der Waals surface area contributed by atoms with E-state index in [0.29, 0.717) is 35.7 Å². The smallest absolute Gasteiger partial charge is 0.313 e. The number of alkyl halides is 2. The zero-order valence-corrected chi connectivity index (χ0v) is 19.3. The van der Waals surface area contributed by atoms with Gasteiger partial charge >= 0.3 is 5.97 Å². The summed E-state index contributed by atoms with van der Waals surface area (Å²) in [4.78, 5) is 25.8. The Balaban J connectivity index is 1.81. The number of pyridine rings is 1. The lowest BCUT2D eigenvalue weighted by Crippen LogP contribution is -2.29. The number of nitrogens with zero attached hydrogens (tertiary/aromatic N) is 3. The number of hydrogen-bond donors (Lipinski definition) is 2. The molecular weight excluding hydrogens is 426 g/mol. The average molecular weight is 459 g/mol. The van der Waals surface area contributed by atoms with Crippen molar-refractivity contribution in [3.05, 3.63) is 46.7 Å². The molecule has 1 fully saturated rings. The molecule has 6 nitrogen and oxygen atoms in total. The van der Waals surface area contributed by atoms with Gasteiger partial charge in [0.25, 0.3) is 0 Å². The molecule has 0 aromatic carbocycles. The summed E-state index contributed by atoms with van der Waals surface area (Å²) in [6.45, 7) is 4.35. The zero-order chi connectivity index (χ0) is 23.6. The molecule has 8 heteroatoms. The largest absolute Gasteiger partial charge is 0.481 e. The minimum absolute atomic E-state index is 0.247. The maximum atomic E-state index is 15.0. The fourth-order valence-electron chi connectivity index (χ4n) is 4.75. The SMILES string of the molecule is CCCCC(F)(F)C[C@@H](c1cnc(C)nc1)C(C(=O)O)c1nc2c(cc1C1CC1)CCCN2. The average Bonchev–Trinajstić information content (AvgIpc) is 3.62. The molecule has 2 aromatic rings. The Bertz CT molecular complexity index is 993. The van der Waals surface area contributed by atoms with Gasteiger partial charge in [-0.25, -0.2) is 23.7 Å². The van der Waals surface area contributed by atoms with Crippen LogP contribution in [0.25, 0.3) is 0 Å². The van der Waals surface area contributed by atoms with Crippen LogP contribution in [0.1, 0.15) is 97.8 Å². The first-order valence-corrected chi connectivity index (χ1v) is 12.0. The van der Waals surface area contributed by atoms with E-state index in [-0.39, 0.29) is 12.3 Å². The number of carbonyl (C=O) groups is 1. The standard InChI is InChI=1S/C25H32F2N4O2/c1-3-4-9-25(26,27)12-20(18-13-29-15(2)30-14-18)21(24(32)33)22-19(16-7-8-16)11-17-6-5-10-28-23(17)31-22/h11,13-14,16,20-21H,3-10,12H2,1-2H3,(H,28,31)(H,32,33)/t20-,21?/m0/s1. The van der Waals surface area contributed by atoms with Crippen molar-refractivity contribution in [1.82, 2.24) is 15.0 Å². The van der Waals surface area contributed by atoms with Gasteiger partial charge in [0.15, 0.2) is 0 Å². The first-order valence-electron chi connectivity index (χ1n) is 12.0. The van der Waals surface area contributed by atoms with Gasteiger partial charge in [-0.1, -0.05) is 19.4 Å². The summed E-state index contributed by atoms with van der Waals surface area (Å²) >= 11 is 0. The molecule has 2 atom stereocenters. The summed E-state index contributed by atoms with van der Waals surface area (Å²) in [5, 5.41) is 13.6. The quantitative estimate of drug-likeness (QED) is 0.483. The predicted molar refractivity (Wildman–Crippen MR) is 122 cm³/mol. The number of aromatic nitrogens is 3. The number of nitrogens with one attached hydrogen (secondary N) is 1. The molecule has 1 saturated carbocycles. The van der Waals surface area contributed by atoms with Gasteiger partial charge < -0.3 is 10.4 Å². The molecule has 4 rings (SSSR count). The molecule has 0 bridgehead atoms. The molecule has 178 valence electrons. The maximum absolute atomic E-state index is 15.0. The van der Waals surface area contributed by atoms with E-state index in [0.717, 1.165) is 43.4 Å². The van der Waals surface area contributed by atoms with Gasteiger partial charge in [0.05, 0.1) is 5.69 Å². The Kier molecular flexibility index (Phi) is 6.91. The van der Waals surface area contributed by atoms with Crippen molar-refractivity contribution in [2.75, 3.05) is 11.9 Å². The van der Waals surface area contributed by atoms with E-state index in [1.165, 1.54) is 12.4 Å². The highest BCUT2D eigenvalue weighted by molar-refractivity contribution is 5.78. The highest BCUT2D eigenvalue weighted by Gasteiger charge is 2.43. The monoisotopic (exact) mass is 458 g/mol. The second-order valence-corrected chi connectivity index (χ2v) is 9.42. The topological polar surface area (TPSA) is 88.0 Å². The number of rotatable bonds is 10. The zero-order valence-electron chi connectivity index (χ0n) is 19.3. The lowest BCUT2D eigenvalue weighted by molar-refractivity contribution is -0.140. The number of carboxylic acid groups (broad SMARTS) is 1. The molecule has 0 amide bonds. The van der Waals surface area contributed by atoms with E-state index >= 15 is 8.78 Å². The van der Waals surface area contributed by atoms with Crippen molar-refractivity contribution in [2.24, 2.45) is 0 Å². The number of aryl methyl sites for hydroxylation is 2. The third kappa shape index (κ3) is 5.47. The van der Waals surface area contributed by atoms with E-state index in [9.17, 15) is 9.90 Å². The Morgan fingerprint density at radius 1 is 1.30 bits per heavy atom. The molecule has 1 aliphatic heterocycles. The lowest BCUT2D eigenvalue weighted by atomic mass is 9.78. The van der Waals surface area contributed by atoms with Crippen LogP contribution in [0.2, 0.25) is 0 Å². The van der Waals surface area contributed by atoms with Gasteiger partial charge in [0, 0.05) is 37.7 Å². The Labute approximate surface area is 193 Å². The summed E-state index contributed by atoms with van der Waals surface area (Å²) in [6.07, 6.45) is 7.00. The minimum atomic E-state index is -2.99. The molecular formula is C25H32F2N4O2. The summed E-state index contributed by atoms with van der Waals surface area (Å²) in [6, 6.07) is 2.06. The van der Waals surface area contributed by atoms with Gasteiger partial charge in [-0.05, 0) is 61.6 Å². The molecule has 1 aliphatic carbocycles. The molecule has 2 N–H and O–H groups in total. The van der Waals surface area contributed by atoms with Crippen LogP contribution in [0, 0.1) is 6.92 Å². The van der Waals surface area contributed by atoms with Gasteiger partial charge in [-0.15, -0.1) is 0 Å². The molecule has 0 radical (unpaired) electrons. The van der Waals surface area contributed by atoms with Gasteiger partial charge in [0.2, 0.25) is 5.92 Å². The second kappa shape index (κ2) is 9.69. The van der Waals surface area contributed by atoms with Crippen LogP contribution in [0.15, 0.2) is 18.5 Å². The highest BCUT2D eigenvalue weighted by Crippen LogP contribution is 2.48. The van der Waals surface area contributed by atoms with E-state index in [1.807, 2.05) is 6.92 Å². The summed E-state index contributed by atoms with van der Waals surface area (Å²) < 4.78 is 30.1. The Hall–Kier alpha value is -2.64. The van der Waals surface area contributed by atoms with Crippen molar-refractivity contribution in [2.45, 2.75) is 88.9 Å². The molecule has 2 aliphatic rings. The second-order valence-electron chi connectivity index (χ2n) is 9.42. The number of aliphatic carboxylic acids is 1. The van der Waals surface area contributed by atoms with Crippen molar-refractivity contribution < 1.29 is 18.7 Å². The maximum Gasteiger partial charge on any atom is 0.313 e. The third-order valence-electron chi connectivity index (χ3n) is 6.70. The van der Waals surface area contributed by atoms with Crippen molar-refractivity contribution in [1.29, 1.82) is 0 Å². The first-order chi connectivity index (χ1) is 15.8. The lowest BCUT2D eigenvalue weighted by Gasteiger charge is -2.30. The molecule has 1 unspecified atom stereocenters. The van der Waals surface area contributed by atoms with Crippen LogP contribution in [-0.4, -0.2) is 38.5 Å². The number of carboxylic acids is 1. The number of fused-ring (bicyclic) bond motifs is 1. The predicted octanol–water partition coefficient (Wildman–Crippen LogP) is 5.58. The molecule has 0 spiro atoms. The van der Waals surface area contributed by atoms with Crippen LogP contribution in [0.4, 0.5) is 14.6 Å². The number of hydrogen-bond acceptors (Lipinski definition) is 5. The number of anilines is 1. The van der Waals surface area contributed by atoms with E-state index in [4.69, 9.17) is 4.98 Å². The fraction of sp³-hybridized carbons (Fsp3) is 0.600. The number of halogens is 2. The minimum Gasteiger partial charge on any atom is -0.481 e. The molecule has 33 heavy (non-hydrogen) atoms. The van der Waals surface area contributed by atoms with Gasteiger partial charge in [-0.2, -0.15) is 0 Å². The molecule has 3 heterocycles. The highest BCUT2D eigenvalue weighted by atomic mass is 19.3. The number of unbranched alkanes of at least 4 members (excludes halogenated alkanes) is 1. The third-order valence-corrected chi connectivity index (χ3v) is 6.70. The van der Waals surface area contributed by atoms with Crippen LogP contribution < -0.4 is 5.32 Å². The van der Waals surface area contributed by atoms with E-state index in [2.05, 4.69) is 21.4 Å². The van der Waals surface area contributed by atoms with Crippen LogP contribution in [-0.2, 0) is 11.2 Å². The van der Waals surface area contributed by atoms with Crippen molar-refractivity contribution in [3.8, 4) is 0 Å². The van der Waals surface area contributed by atoms with E-state index < -0.39 is 30.1 Å². The molecule has 0 saturated heterocycles. The summed E-state index contributed by atoms with van der Waals surface area (Å²) in [7, 11) is 0. The van der Waals surface area contributed by atoms with E-state index in [1.54, 1.807) is 6.92 Å². The van der Waals surface area contributed by atoms with Crippen LogP contribution in [0.3, 0.4) is 0 Å². The first kappa shape index (κ1) is 23.5. The van der Waals surface area contributed by atoms with Gasteiger partial charge in [0.1, 0.15) is 17.6 Å². The Morgan fingerprint density at radius 2 is 2.03 bits per heavy atom. The summed E-state index contributed by atoms with van der Waals surface area (Å²) in [5.41, 5.74) is 2.81. The summed E-state index contributed by atoms with van der Waals surface area (Å²) in [5.74, 6) is -4.88. The molecule has 2 aromatic heterocycles. The van der Waals surface area contributed by atoms with Crippen molar-refractivity contribution >= 4 is 11.8 Å². The fourth-order valence-corrected chi connectivity index (χ4v) is 4.75. The van der Waals surface area contributed by atoms with Crippen LogP contribution >= 0.6 is 0 Å². The van der Waals surface area contributed by atoms with Crippen molar-refractivity contribution in [3.63, 3.8) is 0 Å². The van der Waals surface area contributed by atoms with Crippen LogP contribution in [0.5, 0.6) is 0 Å².